The standard InChI is InChI=1S/C83H155NO10/c1-3-5-7-9-11-13-15-16-17-18-38-42-45-48-51-55-59-63-67-71-79(88)92-72-68-64-60-56-52-49-46-43-40-37-35-33-31-29-27-25-23-21-19-20-22-24-26-28-30-32-34-36-39-41-44-47-50-54-58-62-66-70-78(87)84-75(74-93-83-82(91)81(90)80(89)77(73-85)94-83)76(86)69-65-61-57-53-14-12-10-8-6-4-2/h14,19,21,25,27,53,65,69,75-77,80-83,85-86,89-91H,3-13,15-18,20,22-24,26,28-52,54-64,66-68,70-74H2,1-2H3,(H,84,87)/b21-19-,27-25-,53-14+,69-65+. The number of nitrogens with one attached hydrogen (secondary N) is 1. The summed E-state index contributed by atoms with van der Waals surface area (Å²) in [7, 11) is 0. The lowest BCUT2D eigenvalue weighted by atomic mass is 9.99. The van der Waals surface area contributed by atoms with Gasteiger partial charge in [0.2, 0.25) is 5.91 Å². The van der Waals surface area contributed by atoms with Gasteiger partial charge < -0.3 is 45.1 Å². The first-order valence-corrected chi connectivity index (χ1v) is 40.9. The number of aliphatic hydroxyl groups is 5. The van der Waals surface area contributed by atoms with Crippen molar-refractivity contribution in [2.45, 2.75) is 448 Å². The first-order valence-electron chi connectivity index (χ1n) is 40.9. The molecule has 0 aromatic carbocycles. The van der Waals surface area contributed by atoms with Crippen LogP contribution in [-0.4, -0.2) is 100 Å². The molecular weight excluding hydrogens is 1170 g/mol. The van der Waals surface area contributed by atoms with E-state index in [0.717, 1.165) is 57.8 Å². The third kappa shape index (κ3) is 59.7. The molecule has 0 aromatic rings. The van der Waals surface area contributed by atoms with Crippen LogP contribution in [-0.2, 0) is 23.8 Å². The summed E-state index contributed by atoms with van der Waals surface area (Å²) in [6, 6.07) is -0.825. The molecule has 0 saturated carbocycles. The molecule has 1 heterocycles. The molecule has 0 spiro atoms. The summed E-state index contributed by atoms with van der Waals surface area (Å²) in [4.78, 5) is 25.2. The fourth-order valence-corrected chi connectivity index (χ4v) is 13.0. The molecule has 552 valence electrons. The summed E-state index contributed by atoms with van der Waals surface area (Å²) < 4.78 is 16.8. The Kier molecular flexibility index (Phi) is 68.5. The molecule has 7 unspecified atom stereocenters. The van der Waals surface area contributed by atoms with Gasteiger partial charge in [-0.3, -0.25) is 9.59 Å². The second kappa shape index (κ2) is 71.9. The van der Waals surface area contributed by atoms with E-state index in [9.17, 15) is 35.1 Å². The van der Waals surface area contributed by atoms with Crippen molar-refractivity contribution in [1.82, 2.24) is 5.32 Å². The van der Waals surface area contributed by atoms with Gasteiger partial charge in [-0.2, -0.15) is 0 Å². The van der Waals surface area contributed by atoms with Crippen LogP contribution in [0.5, 0.6) is 0 Å². The van der Waals surface area contributed by atoms with Crippen LogP contribution in [0.3, 0.4) is 0 Å². The van der Waals surface area contributed by atoms with Gasteiger partial charge in [-0.1, -0.05) is 364 Å². The predicted octanol–water partition coefficient (Wildman–Crippen LogP) is 22.3. The number of hydrogen-bond acceptors (Lipinski definition) is 10. The fraction of sp³-hybridized carbons (Fsp3) is 0.880. The molecule has 0 aliphatic carbocycles. The number of carbonyl (C=O) groups excluding carboxylic acids is 2. The highest BCUT2D eigenvalue weighted by atomic mass is 16.7. The van der Waals surface area contributed by atoms with Crippen LogP contribution >= 0.6 is 0 Å². The fourth-order valence-electron chi connectivity index (χ4n) is 13.0. The molecule has 1 amide bonds. The van der Waals surface area contributed by atoms with Crippen LogP contribution < -0.4 is 5.32 Å². The summed E-state index contributed by atoms with van der Waals surface area (Å²) in [5.74, 6) is -0.172. The van der Waals surface area contributed by atoms with Gasteiger partial charge in [-0.05, 0) is 77.0 Å². The summed E-state index contributed by atoms with van der Waals surface area (Å²) in [5, 5.41) is 54.4. The third-order valence-electron chi connectivity index (χ3n) is 19.4. The molecule has 1 aliphatic rings. The summed E-state index contributed by atoms with van der Waals surface area (Å²) in [6.07, 6.45) is 86.0. The lowest BCUT2D eigenvalue weighted by molar-refractivity contribution is -0.302. The number of aliphatic hydroxyl groups excluding tert-OH is 5. The Bertz CT molecular complexity index is 1700. The van der Waals surface area contributed by atoms with Crippen LogP contribution in [0.25, 0.3) is 0 Å². The quantitative estimate of drug-likeness (QED) is 0.0195. The van der Waals surface area contributed by atoms with E-state index in [0.29, 0.717) is 19.4 Å². The number of hydrogen-bond donors (Lipinski definition) is 6. The van der Waals surface area contributed by atoms with Crippen LogP contribution in [0.4, 0.5) is 0 Å². The average Bonchev–Trinajstić information content (AvgIpc) is 0.852. The van der Waals surface area contributed by atoms with Gasteiger partial charge in [-0.25, -0.2) is 0 Å². The molecular formula is C83H155NO10. The number of rotatable bonds is 73. The molecule has 0 aromatic heterocycles. The molecule has 0 bridgehead atoms. The first kappa shape index (κ1) is 89.6. The highest BCUT2D eigenvalue weighted by Crippen LogP contribution is 2.24. The van der Waals surface area contributed by atoms with Gasteiger partial charge in [0.15, 0.2) is 6.29 Å². The number of amides is 1. The van der Waals surface area contributed by atoms with Crippen molar-refractivity contribution in [3.05, 3.63) is 48.6 Å². The van der Waals surface area contributed by atoms with Crippen molar-refractivity contribution < 1.29 is 49.3 Å². The minimum absolute atomic E-state index is 0.0178. The Balaban J connectivity index is 1.86. The van der Waals surface area contributed by atoms with Crippen molar-refractivity contribution in [2.75, 3.05) is 19.8 Å². The Morgan fingerprint density at radius 3 is 1.13 bits per heavy atom. The largest absolute Gasteiger partial charge is 0.466 e. The predicted molar refractivity (Wildman–Crippen MR) is 398 cm³/mol. The molecule has 94 heavy (non-hydrogen) atoms. The Hall–Kier alpha value is -2.38. The Labute approximate surface area is 580 Å². The van der Waals surface area contributed by atoms with Gasteiger partial charge in [-0.15, -0.1) is 0 Å². The minimum atomic E-state index is -1.58. The maximum atomic E-state index is 13.0. The lowest BCUT2D eigenvalue weighted by Crippen LogP contribution is -2.60. The molecule has 0 radical (unpaired) electrons. The third-order valence-corrected chi connectivity index (χ3v) is 19.4. The highest BCUT2D eigenvalue weighted by molar-refractivity contribution is 5.76. The van der Waals surface area contributed by atoms with Gasteiger partial charge in [0.25, 0.3) is 0 Å². The van der Waals surface area contributed by atoms with Crippen LogP contribution in [0, 0.1) is 0 Å². The van der Waals surface area contributed by atoms with Gasteiger partial charge >= 0.3 is 5.97 Å². The first-order chi connectivity index (χ1) is 46.2. The lowest BCUT2D eigenvalue weighted by Gasteiger charge is -2.40. The topological polar surface area (TPSA) is 175 Å². The number of unbranched alkanes of at least 4 members (excludes halogenated alkanes) is 53. The van der Waals surface area contributed by atoms with E-state index in [-0.39, 0.29) is 18.5 Å². The smallest absolute Gasteiger partial charge is 0.305 e. The molecule has 6 N–H and O–H groups in total. The monoisotopic (exact) mass is 1330 g/mol. The van der Waals surface area contributed by atoms with Crippen LogP contribution in [0.1, 0.15) is 406 Å². The molecule has 1 fully saturated rings. The van der Waals surface area contributed by atoms with Gasteiger partial charge in [0, 0.05) is 12.8 Å². The molecule has 1 rings (SSSR count). The molecule has 11 heteroatoms. The van der Waals surface area contributed by atoms with Crippen LogP contribution in [0.15, 0.2) is 48.6 Å². The SMILES string of the molecule is CCCCCC/C=C/CC/C=C/C(O)C(COC1OC(CO)C(O)C(O)C1O)NC(=O)CCCCCCCCCCCCCCCCCCC/C=C\C/C=C\CCCCCCCCCCCCCCCOC(=O)CCCCCCCCCCCCCCCCCCCCC. The Morgan fingerprint density at radius 1 is 0.394 bits per heavy atom. The number of carbonyl (C=O) groups is 2. The normalized spacial score (nSPS) is 17.6. The van der Waals surface area contributed by atoms with Gasteiger partial charge in [0.05, 0.1) is 32.0 Å². The zero-order valence-corrected chi connectivity index (χ0v) is 61.7. The maximum absolute atomic E-state index is 13.0. The van der Waals surface area contributed by atoms with E-state index in [4.69, 9.17) is 14.2 Å². The van der Waals surface area contributed by atoms with E-state index >= 15 is 0 Å². The summed E-state index contributed by atoms with van der Waals surface area (Å²) in [5.41, 5.74) is 0. The number of ether oxygens (including phenoxy) is 3. The van der Waals surface area contributed by atoms with Gasteiger partial charge in [0.1, 0.15) is 24.4 Å². The van der Waals surface area contributed by atoms with Crippen LogP contribution in [0.2, 0.25) is 0 Å². The molecule has 1 saturated heterocycles. The molecule has 11 nitrogen and oxygen atoms in total. The summed E-state index contributed by atoms with van der Waals surface area (Å²) >= 11 is 0. The van der Waals surface area contributed by atoms with Crippen molar-refractivity contribution >= 4 is 11.9 Å². The van der Waals surface area contributed by atoms with Crippen molar-refractivity contribution in [3.63, 3.8) is 0 Å². The van der Waals surface area contributed by atoms with Crippen molar-refractivity contribution in [2.24, 2.45) is 0 Å². The second-order valence-corrected chi connectivity index (χ2v) is 28.5. The van der Waals surface area contributed by atoms with Crippen molar-refractivity contribution in [1.29, 1.82) is 0 Å². The number of esters is 1. The second-order valence-electron chi connectivity index (χ2n) is 28.5. The zero-order chi connectivity index (χ0) is 67.9. The van der Waals surface area contributed by atoms with E-state index < -0.39 is 49.5 Å². The zero-order valence-electron chi connectivity index (χ0n) is 61.7. The van der Waals surface area contributed by atoms with E-state index in [1.165, 1.54) is 321 Å². The van der Waals surface area contributed by atoms with E-state index in [2.05, 4.69) is 55.6 Å². The minimum Gasteiger partial charge on any atom is -0.466 e. The maximum Gasteiger partial charge on any atom is 0.305 e. The molecule has 1 aliphatic heterocycles. The van der Waals surface area contributed by atoms with E-state index in [1.54, 1.807) is 6.08 Å². The van der Waals surface area contributed by atoms with Crippen molar-refractivity contribution in [3.8, 4) is 0 Å². The van der Waals surface area contributed by atoms with E-state index in [1.807, 2.05) is 6.08 Å². The summed E-state index contributed by atoms with van der Waals surface area (Å²) in [6.45, 7) is 4.34. The highest BCUT2D eigenvalue weighted by Gasteiger charge is 2.44. The molecule has 7 atom stereocenters. The average molecular weight is 1330 g/mol. The number of allylic oxidation sites excluding steroid dienone is 7. The Morgan fingerprint density at radius 2 is 0.723 bits per heavy atom.